The summed E-state index contributed by atoms with van der Waals surface area (Å²) in [6.45, 7) is 0. The highest BCUT2D eigenvalue weighted by Gasteiger charge is 2.27. The number of non-ortho nitro benzene ring substituents is 1. The maximum Gasteiger partial charge on any atom is 0.270 e. The number of nitro groups is 1. The van der Waals surface area contributed by atoms with E-state index in [-0.39, 0.29) is 10.6 Å². The van der Waals surface area contributed by atoms with Crippen LogP contribution in [0.4, 0.5) is 5.69 Å². The lowest BCUT2D eigenvalue weighted by atomic mass is 10.2. The van der Waals surface area contributed by atoms with Gasteiger partial charge in [0.1, 0.15) is 11.3 Å². The molecule has 4 heteroatoms. The van der Waals surface area contributed by atoms with Crippen molar-refractivity contribution in [3.8, 4) is 0 Å². The Hall–Kier alpha value is -1.84. The van der Waals surface area contributed by atoms with Gasteiger partial charge in [-0.1, -0.05) is 0 Å². The fraction of sp³-hybridized carbons (Fsp3) is 0.111. The van der Waals surface area contributed by atoms with Crippen molar-refractivity contribution >= 4 is 16.7 Å². The second kappa shape index (κ2) is 1.90. The molecule has 1 aromatic carbocycles. The van der Waals surface area contributed by atoms with Gasteiger partial charge in [0.05, 0.1) is 4.92 Å². The molecule has 1 aliphatic carbocycles. The lowest BCUT2D eigenvalue weighted by Crippen LogP contribution is -1.86. The van der Waals surface area contributed by atoms with Gasteiger partial charge in [0.2, 0.25) is 0 Å². The second-order valence-corrected chi connectivity index (χ2v) is 3.12. The van der Waals surface area contributed by atoms with E-state index in [9.17, 15) is 10.1 Å². The second-order valence-electron chi connectivity index (χ2n) is 3.12. The van der Waals surface area contributed by atoms with Crippen molar-refractivity contribution in [3.05, 3.63) is 39.6 Å². The van der Waals surface area contributed by atoms with E-state index in [1.165, 1.54) is 6.07 Å². The van der Waals surface area contributed by atoms with E-state index in [1.54, 1.807) is 12.1 Å². The van der Waals surface area contributed by atoms with Crippen molar-refractivity contribution in [3.63, 3.8) is 0 Å². The maximum absolute atomic E-state index is 10.5. The predicted molar refractivity (Wildman–Crippen MR) is 45.7 cm³/mol. The van der Waals surface area contributed by atoms with Gasteiger partial charge in [0, 0.05) is 29.5 Å². The van der Waals surface area contributed by atoms with Crippen LogP contribution in [0.1, 0.15) is 11.3 Å². The first-order valence-electron chi connectivity index (χ1n) is 3.94. The molecule has 13 heavy (non-hydrogen) atoms. The Morgan fingerprint density at radius 3 is 3.08 bits per heavy atom. The Balaban J connectivity index is 2.33. The summed E-state index contributed by atoms with van der Waals surface area (Å²) in [6.07, 6.45) is 0.855. The van der Waals surface area contributed by atoms with Gasteiger partial charge in [-0.3, -0.25) is 10.1 Å². The van der Waals surface area contributed by atoms with Crippen LogP contribution in [-0.4, -0.2) is 4.92 Å². The number of fused-ring (bicyclic) bond motifs is 3. The van der Waals surface area contributed by atoms with Crippen LogP contribution < -0.4 is 0 Å². The molecule has 0 atom stereocenters. The van der Waals surface area contributed by atoms with Crippen molar-refractivity contribution in [2.45, 2.75) is 6.42 Å². The highest BCUT2D eigenvalue weighted by Crippen LogP contribution is 2.39. The van der Waals surface area contributed by atoms with Crippen LogP contribution in [-0.2, 0) is 6.42 Å². The maximum atomic E-state index is 10.5. The van der Waals surface area contributed by atoms with Crippen LogP contribution in [0.15, 0.2) is 22.6 Å². The molecule has 1 heterocycles. The molecule has 0 saturated carbocycles. The van der Waals surface area contributed by atoms with Crippen molar-refractivity contribution in [1.29, 1.82) is 0 Å². The van der Waals surface area contributed by atoms with Gasteiger partial charge in [0.15, 0.2) is 0 Å². The van der Waals surface area contributed by atoms with Gasteiger partial charge in [-0.2, -0.15) is 0 Å². The number of benzene rings is 1. The smallest absolute Gasteiger partial charge is 0.270 e. The van der Waals surface area contributed by atoms with Crippen molar-refractivity contribution in [1.82, 2.24) is 0 Å². The number of hydrogen-bond acceptors (Lipinski definition) is 3. The molecule has 1 aliphatic rings. The van der Waals surface area contributed by atoms with E-state index < -0.39 is 0 Å². The zero-order valence-electron chi connectivity index (χ0n) is 6.61. The number of rotatable bonds is 1. The average Bonchev–Trinajstić information content (AvgIpc) is 2.78. The molecule has 0 radical (unpaired) electrons. The van der Waals surface area contributed by atoms with Crippen LogP contribution >= 0.6 is 0 Å². The van der Waals surface area contributed by atoms with E-state index in [2.05, 4.69) is 0 Å². The van der Waals surface area contributed by atoms with Gasteiger partial charge in [-0.05, 0) is 6.07 Å². The fourth-order valence-electron chi connectivity index (χ4n) is 1.55. The molecular formula is C9H5NO3. The molecule has 0 unspecified atom stereocenters. The highest BCUT2D eigenvalue weighted by molar-refractivity contribution is 5.88. The quantitative estimate of drug-likeness (QED) is 0.421. The SMILES string of the molecule is O=[N+]([O-])c1ccc2oc3c(c2c1)C3. The van der Waals surface area contributed by atoms with E-state index in [0.717, 1.165) is 28.7 Å². The molecule has 0 spiro atoms. The van der Waals surface area contributed by atoms with Crippen LogP contribution in [0, 0.1) is 10.1 Å². The Bertz CT molecular complexity index is 527. The van der Waals surface area contributed by atoms with Gasteiger partial charge in [-0.15, -0.1) is 0 Å². The lowest BCUT2D eigenvalue weighted by molar-refractivity contribution is -0.384. The van der Waals surface area contributed by atoms with E-state index >= 15 is 0 Å². The molecular weight excluding hydrogens is 170 g/mol. The molecule has 4 nitrogen and oxygen atoms in total. The summed E-state index contributed by atoms with van der Waals surface area (Å²) in [5, 5.41) is 11.4. The number of hydrogen-bond donors (Lipinski definition) is 0. The standard InChI is InChI=1S/C9H5NO3/c11-10(12)5-1-2-8-6(3-5)7-4-9(7)13-8/h1-3H,4H2. The Morgan fingerprint density at radius 2 is 2.31 bits per heavy atom. The molecule has 1 aromatic heterocycles. The largest absolute Gasteiger partial charge is 0.460 e. The third-order valence-corrected chi connectivity index (χ3v) is 2.28. The molecule has 0 bridgehead atoms. The van der Waals surface area contributed by atoms with Crippen molar-refractivity contribution in [2.75, 3.05) is 0 Å². The van der Waals surface area contributed by atoms with Crippen LogP contribution in [0.2, 0.25) is 0 Å². The molecule has 3 rings (SSSR count). The Labute approximate surface area is 72.9 Å². The molecule has 0 saturated heterocycles. The topological polar surface area (TPSA) is 56.3 Å². The molecule has 2 aromatic rings. The average molecular weight is 175 g/mol. The zero-order valence-corrected chi connectivity index (χ0v) is 6.61. The predicted octanol–water partition coefficient (Wildman–Crippen LogP) is 2.25. The van der Waals surface area contributed by atoms with Gasteiger partial charge >= 0.3 is 0 Å². The minimum absolute atomic E-state index is 0.128. The van der Waals surface area contributed by atoms with Crippen molar-refractivity contribution in [2.24, 2.45) is 0 Å². The summed E-state index contributed by atoms with van der Waals surface area (Å²) in [5.41, 5.74) is 2.00. The molecule has 0 aliphatic heterocycles. The third kappa shape index (κ3) is 0.796. The van der Waals surface area contributed by atoms with Crippen LogP contribution in [0.25, 0.3) is 11.0 Å². The van der Waals surface area contributed by atoms with E-state index in [0.29, 0.717) is 0 Å². The first kappa shape index (κ1) is 6.65. The van der Waals surface area contributed by atoms with Crippen LogP contribution in [0.3, 0.4) is 0 Å². The van der Waals surface area contributed by atoms with Gasteiger partial charge in [-0.25, -0.2) is 0 Å². The molecule has 64 valence electrons. The summed E-state index contributed by atoms with van der Waals surface area (Å²) in [5.74, 6) is 0.968. The first-order valence-corrected chi connectivity index (χ1v) is 3.94. The minimum atomic E-state index is -0.388. The summed E-state index contributed by atoms with van der Waals surface area (Å²) >= 11 is 0. The van der Waals surface area contributed by atoms with Crippen molar-refractivity contribution < 1.29 is 9.34 Å². The Kier molecular flexibility index (Phi) is 0.974. The highest BCUT2D eigenvalue weighted by atomic mass is 16.6. The van der Waals surface area contributed by atoms with E-state index in [1.807, 2.05) is 0 Å². The molecule has 0 fully saturated rings. The monoisotopic (exact) mass is 175 g/mol. The summed E-state index contributed by atoms with van der Waals surface area (Å²) in [7, 11) is 0. The molecule has 0 amide bonds. The summed E-state index contributed by atoms with van der Waals surface area (Å²) < 4.78 is 5.37. The normalized spacial score (nSPS) is 12.9. The van der Waals surface area contributed by atoms with Gasteiger partial charge in [0.25, 0.3) is 5.69 Å². The number of furan rings is 1. The lowest BCUT2D eigenvalue weighted by Gasteiger charge is -1.91. The van der Waals surface area contributed by atoms with Gasteiger partial charge < -0.3 is 4.42 Å². The van der Waals surface area contributed by atoms with Crippen LogP contribution in [0.5, 0.6) is 0 Å². The summed E-state index contributed by atoms with van der Waals surface area (Å²) in [4.78, 5) is 10.1. The number of nitro benzene ring substituents is 1. The Morgan fingerprint density at radius 1 is 1.46 bits per heavy atom. The summed E-state index contributed by atoms with van der Waals surface area (Å²) in [6, 6.07) is 4.69. The minimum Gasteiger partial charge on any atom is -0.460 e. The molecule has 0 N–H and O–H groups in total. The number of nitrogens with zero attached hydrogens (tertiary/aromatic N) is 1. The first-order chi connectivity index (χ1) is 6.25. The zero-order chi connectivity index (χ0) is 9.00. The van der Waals surface area contributed by atoms with E-state index in [4.69, 9.17) is 4.42 Å². The fourth-order valence-corrected chi connectivity index (χ4v) is 1.55. The third-order valence-electron chi connectivity index (χ3n) is 2.28.